The predicted octanol–water partition coefficient (Wildman–Crippen LogP) is 3.25. The van der Waals surface area contributed by atoms with Gasteiger partial charge in [0, 0.05) is 24.5 Å². The van der Waals surface area contributed by atoms with Crippen molar-refractivity contribution in [3.8, 4) is 0 Å². The highest BCUT2D eigenvalue weighted by molar-refractivity contribution is 5.90. The minimum absolute atomic E-state index is 0.306. The lowest BCUT2D eigenvalue weighted by molar-refractivity contribution is 0.248. The van der Waals surface area contributed by atoms with Gasteiger partial charge in [-0.05, 0) is 38.1 Å². The first-order chi connectivity index (χ1) is 11.5. The van der Waals surface area contributed by atoms with Crippen LogP contribution in [0.5, 0.6) is 0 Å². The molecule has 4 N–H and O–H groups in total. The van der Waals surface area contributed by atoms with Crippen molar-refractivity contribution in [2.24, 2.45) is 0 Å². The van der Waals surface area contributed by atoms with Crippen LogP contribution >= 0.6 is 0 Å². The van der Waals surface area contributed by atoms with E-state index < -0.39 is 0 Å². The molecule has 2 aromatic rings. The fourth-order valence-corrected chi connectivity index (χ4v) is 1.98. The summed E-state index contributed by atoms with van der Waals surface area (Å²) in [6.45, 7) is 4.63. The van der Waals surface area contributed by atoms with Gasteiger partial charge in [0.05, 0.1) is 0 Å². The van der Waals surface area contributed by atoms with Gasteiger partial charge in [0.2, 0.25) is 0 Å². The number of anilines is 2. The van der Waals surface area contributed by atoms with Crippen LogP contribution in [0.3, 0.4) is 0 Å². The van der Waals surface area contributed by atoms with E-state index in [1.165, 1.54) is 0 Å². The minimum Gasteiger partial charge on any atom is -0.336 e. The lowest BCUT2D eigenvalue weighted by atomic mass is 10.2. The van der Waals surface area contributed by atoms with Crippen LogP contribution < -0.4 is 21.3 Å². The van der Waals surface area contributed by atoms with Crippen LogP contribution in [0.25, 0.3) is 0 Å². The van der Waals surface area contributed by atoms with Crippen molar-refractivity contribution in [2.75, 3.05) is 23.7 Å². The summed E-state index contributed by atoms with van der Waals surface area (Å²) in [5.41, 5.74) is 3.71. The van der Waals surface area contributed by atoms with Gasteiger partial charge >= 0.3 is 12.1 Å². The molecule has 24 heavy (non-hydrogen) atoms. The molecule has 0 saturated heterocycles. The highest BCUT2D eigenvalue weighted by Crippen LogP contribution is 2.08. The van der Waals surface area contributed by atoms with E-state index in [9.17, 15) is 9.59 Å². The fraction of sp³-hybridized carbons (Fsp3) is 0.222. The number of carbonyl (C=O) groups is 2. The summed E-state index contributed by atoms with van der Waals surface area (Å²) in [5, 5.41) is 10.8. The Hall–Kier alpha value is -3.02. The van der Waals surface area contributed by atoms with Crippen LogP contribution in [-0.4, -0.2) is 25.2 Å². The number of hydrogen-bond acceptors (Lipinski definition) is 2. The van der Waals surface area contributed by atoms with E-state index in [0.717, 1.165) is 22.5 Å². The van der Waals surface area contributed by atoms with Gasteiger partial charge in [-0.25, -0.2) is 9.59 Å². The molecule has 0 fully saturated rings. The van der Waals surface area contributed by atoms with Crippen LogP contribution in [0.4, 0.5) is 21.0 Å². The number of amides is 4. The van der Waals surface area contributed by atoms with Crippen molar-refractivity contribution in [1.29, 1.82) is 0 Å². The highest BCUT2D eigenvalue weighted by atomic mass is 16.2. The first kappa shape index (κ1) is 17.3. The molecular formula is C18H22N4O2. The summed E-state index contributed by atoms with van der Waals surface area (Å²) in [6, 6.07) is 14.4. The average Bonchev–Trinajstić information content (AvgIpc) is 2.56. The first-order valence-corrected chi connectivity index (χ1v) is 7.76. The van der Waals surface area contributed by atoms with Crippen molar-refractivity contribution in [1.82, 2.24) is 10.6 Å². The second-order valence-electron chi connectivity index (χ2n) is 5.49. The number of hydrogen-bond donors (Lipinski definition) is 4. The third-order valence-corrected chi connectivity index (χ3v) is 3.31. The molecule has 4 amide bonds. The Morgan fingerprint density at radius 2 is 1.00 bits per heavy atom. The van der Waals surface area contributed by atoms with Gasteiger partial charge < -0.3 is 21.3 Å². The molecule has 0 bridgehead atoms. The molecule has 0 aromatic heterocycles. The summed E-state index contributed by atoms with van der Waals surface area (Å²) in [4.78, 5) is 23.4. The molecule has 2 aromatic carbocycles. The minimum atomic E-state index is -0.306. The zero-order valence-corrected chi connectivity index (χ0v) is 13.8. The van der Waals surface area contributed by atoms with Gasteiger partial charge in [-0.15, -0.1) is 0 Å². The van der Waals surface area contributed by atoms with Crippen molar-refractivity contribution >= 4 is 23.4 Å². The number of aryl methyl sites for hydroxylation is 2. The maximum absolute atomic E-state index is 11.7. The molecule has 0 unspecified atom stereocenters. The van der Waals surface area contributed by atoms with Crippen molar-refractivity contribution < 1.29 is 9.59 Å². The number of rotatable bonds is 5. The van der Waals surface area contributed by atoms with Crippen LogP contribution in [-0.2, 0) is 0 Å². The van der Waals surface area contributed by atoms with Gasteiger partial charge in [-0.2, -0.15) is 0 Å². The molecule has 0 aliphatic carbocycles. The predicted molar refractivity (Wildman–Crippen MR) is 96.4 cm³/mol. The van der Waals surface area contributed by atoms with E-state index >= 15 is 0 Å². The number of benzene rings is 2. The Morgan fingerprint density at radius 1 is 0.667 bits per heavy atom. The maximum atomic E-state index is 11.7. The molecule has 0 aliphatic rings. The molecule has 0 atom stereocenters. The molecular weight excluding hydrogens is 304 g/mol. The van der Waals surface area contributed by atoms with Crippen LogP contribution in [0.15, 0.2) is 48.5 Å². The summed E-state index contributed by atoms with van der Waals surface area (Å²) in [6.07, 6.45) is 0. The molecule has 0 heterocycles. The zero-order chi connectivity index (χ0) is 17.4. The van der Waals surface area contributed by atoms with Gasteiger partial charge in [0.1, 0.15) is 0 Å². The Labute approximate surface area is 141 Å². The van der Waals surface area contributed by atoms with Crippen LogP contribution in [0, 0.1) is 13.8 Å². The smallest absolute Gasteiger partial charge is 0.319 e. The molecule has 0 spiro atoms. The second-order valence-corrected chi connectivity index (χ2v) is 5.49. The second kappa shape index (κ2) is 8.57. The van der Waals surface area contributed by atoms with Crippen molar-refractivity contribution in [3.05, 3.63) is 59.7 Å². The monoisotopic (exact) mass is 326 g/mol. The lowest BCUT2D eigenvalue weighted by Gasteiger charge is -2.10. The molecule has 6 nitrogen and oxygen atoms in total. The fourth-order valence-electron chi connectivity index (χ4n) is 1.98. The van der Waals surface area contributed by atoms with Gasteiger partial charge in [0.15, 0.2) is 0 Å². The SMILES string of the molecule is Cc1ccc(NC(=O)NCCNC(=O)Nc2ccc(C)cc2)cc1. The molecule has 0 radical (unpaired) electrons. The Balaban J connectivity index is 1.63. The largest absolute Gasteiger partial charge is 0.336 e. The lowest BCUT2D eigenvalue weighted by Crippen LogP contribution is -2.38. The van der Waals surface area contributed by atoms with E-state index in [2.05, 4.69) is 21.3 Å². The molecule has 0 aliphatic heterocycles. The van der Waals surface area contributed by atoms with E-state index in [1.54, 1.807) is 0 Å². The summed E-state index contributed by atoms with van der Waals surface area (Å²) in [7, 11) is 0. The zero-order valence-electron chi connectivity index (χ0n) is 13.8. The van der Waals surface area contributed by atoms with Gasteiger partial charge in [-0.1, -0.05) is 35.4 Å². The number of carbonyl (C=O) groups excluding carboxylic acids is 2. The Kier molecular flexibility index (Phi) is 6.19. The number of nitrogens with one attached hydrogen (secondary N) is 4. The highest BCUT2D eigenvalue weighted by Gasteiger charge is 2.03. The van der Waals surface area contributed by atoms with Crippen molar-refractivity contribution in [3.63, 3.8) is 0 Å². The van der Waals surface area contributed by atoms with Crippen LogP contribution in [0.1, 0.15) is 11.1 Å². The van der Waals surface area contributed by atoms with Gasteiger partial charge in [-0.3, -0.25) is 0 Å². The first-order valence-electron chi connectivity index (χ1n) is 7.76. The molecule has 0 saturated carbocycles. The van der Waals surface area contributed by atoms with E-state index in [1.807, 2.05) is 62.4 Å². The van der Waals surface area contributed by atoms with Gasteiger partial charge in [0.25, 0.3) is 0 Å². The normalized spacial score (nSPS) is 9.92. The summed E-state index contributed by atoms with van der Waals surface area (Å²) < 4.78 is 0. The molecule has 6 heteroatoms. The van der Waals surface area contributed by atoms with Crippen LogP contribution in [0.2, 0.25) is 0 Å². The maximum Gasteiger partial charge on any atom is 0.319 e. The topological polar surface area (TPSA) is 82.3 Å². The van der Waals surface area contributed by atoms with E-state index in [0.29, 0.717) is 13.1 Å². The van der Waals surface area contributed by atoms with Crippen molar-refractivity contribution in [2.45, 2.75) is 13.8 Å². The number of urea groups is 2. The third kappa shape index (κ3) is 6.00. The summed E-state index contributed by atoms with van der Waals surface area (Å²) >= 11 is 0. The molecule has 2 rings (SSSR count). The standard InChI is InChI=1S/C18H22N4O2/c1-13-3-7-15(8-4-13)21-17(23)19-11-12-20-18(24)22-16-9-5-14(2)6-10-16/h3-10H,11-12H2,1-2H3,(H2,19,21,23)(H2,20,22,24). The van der Waals surface area contributed by atoms with E-state index in [-0.39, 0.29) is 12.1 Å². The summed E-state index contributed by atoms with van der Waals surface area (Å²) in [5.74, 6) is 0. The van der Waals surface area contributed by atoms with E-state index in [4.69, 9.17) is 0 Å². The Morgan fingerprint density at radius 3 is 1.33 bits per heavy atom. The molecule has 126 valence electrons. The Bertz CT molecular complexity index is 620. The quantitative estimate of drug-likeness (QED) is 0.636. The third-order valence-electron chi connectivity index (χ3n) is 3.31. The average molecular weight is 326 g/mol.